The van der Waals surface area contributed by atoms with Crippen molar-refractivity contribution in [2.45, 2.75) is 46.2 Å². The molecular formula is C22H29N3O4S. The predicted octanol–water partition coefficient (Wildman–Crippen LogP) is 3.32. The lowest BCUT2D eigenvalue weighted by atomic mass is 10.1. The Labute approximate surface area is 178 Å². The molecule has 0 fully saturated rings. The van der Waals surface area contributed by atoms with Crippen molar-refractivity contribution < 1.29 is 18.0 Å². The maximum Gasteiger partial charge on any atom is 0.253 e. The van der Waals surface area contributed by atoms with Crippen LogP contribution in [0.2, 0.25) is 0 Å². The summed E-state index contributed by atoms with van der Waals surface area (Å²) in [5.74, 6) is -0.818. The first-order valence-corrected chi connectivity index (χ1v) is 11.7. The highest BCUT2D eigenvalue weighted by Crippen LogP contribution is 2.25. The fraction of sp³-hybridized carbons (Fsp3) is 0.364. The van der Waals surface area contributed by atoms with Gasteiger partial charge in [0, 0.05) is 6.04 Å². The quantitative estimate of drug-likeness (QED) is 0.670. The van der Waals surface area contributed by atoms with Crippen molar-refractivity contribution in [3.8, 4) is 0 Å². The van der Waals surface area contributed by atoms with Crippen molar-refractivity contribution >= 4 is 33.2 Å². The van der Waals surface area contributed by atoms with Crippen LogP contribution in [0.5, 0.6) is 0 Å². The van der Waals surface area contributed by atoms with Crippen molar-refractivity contribution in [2.24, 2.45) is 0 Å². The number of benzene rings is 2. The van der Waals surface area contributed by atoms with Crippen LogP contribution < -0.4 is 14.9 Å². The van der Waals surface area contributed by atoms with Crippen LogP contribution in [0.25, 0.3) is 0 Å². The van der Waals surface area contributed by atoms with Gasteiger partial charge in [0.05, 0.1) is 23.2 Å². The molecule has 0 aliphatic rings. The van der Waals surface area contributed by atoms with E-state index in [1.807, 2.05) is 26.8 Å². The number of anilines is 2. The normalized spacial score (nSPS) is 12.3. The zero-order valence-corrected chi connectivity index (χ0v) is 18.8. The number of carbonyl (C=O) groups excluding carboxylic acids is 2. The summed E-state index contributed by atoms with van der Waals surface area (Å²) < 4.78 is 26.3. The average molecular weight is 432 g/mol. The van der Waals surface area contributed by atoms with Gasteiger partial charge in [0.1, 0.15) is 6.04 Å². The van der Waals surface area contributed by atoms with Crippen LogP contribution in [0.4, 0.5) is 11.4 Å². The first kappa shape index (κ1) is 23.4. The fourth-order valence-electron chi connectivity index (χ4n) is 3.17. The molecule has 0 aromatic heterocycles. The van der Waals surface area contributed by atoms with Crippen LogP contribution in [-0.2, 0) is 14.8 Å². The van der Waals surface area contributed by atoms with Gasteiger partial charge in [-0.2, -0.15) is 0 Å². The monoisotopic (exact) mass is 431 g/mol. The molecule has 0 heterocycles. The highest BCUT2D eigenvalue weighted by atomic mass is 32.2. The van der Waals surface area contributed by atoms with Gasteiger partial charge in [0.2, 0.25) is 15.9 Å². The molecule has 2 aromatic rings. The maximum absolute atomic E-state index is 13.1. The molecule has 0 saturated carbocycles. The molecule has 162 valence electrons. The summed E-state index contributed by atoms with van der Waals surface area (Å²) in [6.45, 7) is 7.29. The van der Waals surface area contributed by atoms with Crippen molar-refractivity contribution in [2.75, 3.05) is 15.9 Å². The van der Waals surface area contributed by atoms with E-state index in [-0.39, 0.29) is 18.4 Å². The number of carbonyl (C=O) groups is 2. The van der Waals surface area contributed by atoms with Gasteiger partial charge < -0.3 is 10.6 Å². The molecule has 1 atom stereocenters. The summed E-state index contributed by atoms with van der Waals surface area (Å²) in [6.07, 6.45) is 1.34. The third kappa shape index (κ3) is 5.82. The second-order valence-corrected chi connectivity index (χ2v) is 9.34. The Morgan fingerprint density at radius 2 is 1.73 bits per heavy atom. The summed E-state index contributed by atoms with van der Waals surface area (Å²) in [4.78, 5) is 25.6. The third-order valence-electron chi connectivity index (χ3n) is 4.44. The lowest BCUT2D eigenvalue weighted by molar-refractivity contribution is -0.117. The smallest absolute Gasteiger partial charge is 0.253 e. The van der Waals surface area contributed by atoms with Crippen LogP contribution in [0, 0.1) is 6.92 Å². The summed E-state index contributed by atoms with van der Waals surface area (Å²) in [5, 5.41) is 5.55. The van der Waals surface area contributed by atoms with E-state index >= 15 is 0 Å². The summed E-state index contributed by atoms with van der Waals surface area (Å²) in [5.41, 5.74) is 1.95. The van der Waals surface area contributed by atoms with Gasteiger partial charge >= 0.3 is 0 Å². The molecule has 30 heavy (non-hydrogen) atoms. The van der Waals surface area contributed by atoms with Crippen LogP contribution in [0.3, 0.4) is 0 Å². The molecule has 0 unspecified atom stereocenters. The molecule has 0 saturated heterocycles. The van der Waals surface area contributed by atoms with E-state index < -0.39 is 22.0 Å². The molecular weight excluding hydrogens is 402 g/mol. The Morgan fingerprint density at radius 3 is 2.30 bits per heavy atom. The minimum absolute atomic E-state index is 0.0632. The first-order valence-electron chi connectivity index (χ1n) is 9.81. The first-order chi connectivity index (χ1) is 14.0. The zero-order valence-electron chi connectivity index (χ0n) is 18.0. The number of rotatable bonds is 8. The van der Waals surface area contributed by atoms with Crippen molar-refractivity contribution in [1.29, 1.82) is 0 Å². The number of nitrogens with zero attached hydrogens (tertiary/aromatic N) is 1. The summed E-state index contributed by atoms with van der Waals surface area (Å²) in [6, 6.07) is 12.6. The van der Waals surface area contributed by atoms with Gasteiger partial charge in [-0.25, -0.2) is 8.42 Å². The van der Waals surface area contributed by atoms with Gasteiger partial charge in [-0.1, -0.05) is 31.2 Å². The van der Waals surface area contributed by atoms with Crippen LogP contribution in [0.1, 0.15) is 43.1 Å². The molecule has 7 nitrogen and oxygen atoms in total. The Bertz CT molecular complexity index is 1020. The largest absolute Gasteiger partial charge is 0.350 e. The number of hydrogen-bond acceptors (Lipinski definition) is 4. The highest BCUT2D eigenvalue weighted by Gasteiger charge is 2.32. The molecule has 0 aliphatic heterocycles. The van der Waals surface area contributed by atoms with Gasteiger partial charge in [-0.3, -0.25) is 13.9 Å². The fourth-order valence-corrected chi connectivity index (χ4v) is 4.37. The van der Waals surface area contributed by atoms with E-state index in [1.54, 1.807) is 49.4 Å². The number of para-hydroxylation sites is 1. The minimum atomic E-state index is -3.73. The van der Waals surface area contributed by atoms with E-state index in [2.05, 4.69) is 10.6 Å². The molecule has 0 spiro atoms. The molecule has 2 aromatic carbocycles. The molecule has 2 amide bonds. The average Bonchev–Trinajstić information content (AvgIpc) is 2.64. The minimum Gasteiger partial charge on any atom is -0.350 e. The lowest BCUT2D eigenvalue weighted by Crippen LogP contribution is -2.47. The number of hydrogen-bond donors (Lipinski definition) is 2. The highest BCUT2D eigenvalue weighted by molar-refractivity contribution is 7.92. The topological polar surface area (TPSA) is 95.6 Å². The molecule has 0 radical (unpaired) electrons. The van der Waals surface area contributed by atoms with Crippen LogP contribution >= 0.6 is 0 Å². The van der Waals surface area contributed by atoms with Crippen molar-refractivity contribution in [3.63, 3.8) is 0 Å². The van der Waals surface area contributed by atoms with Gasteiger partial charge in [-0.05, 0) is 57.0 Å². The number of nitrogens with one attached hydrogen (secondary N) is 2. The Hall–Kier alpha value is -2.87. The standard InChI is InChI=1S/C22H29N3O4S/c1-6-20(25(30(5,28)29)17-11-9-10-16(4)14-17)22(27)24-19-13-8-7-12-18(19)21(26)23-15(2)3/h7-15,20H,6H2,1-5H3,(H,23,26)(H,24,27)/t20-/m0/s1. The molecule has 8 heteroatoms. The second kappa shape index (κ2) is 9.75. The second-order valence-electron chi connectivity index (χ2n) is 7.48. The Kier molecular flexibility index (Phi) is 7.61. The van der Waals surface area contributed by atoms with E-state index in [0.717, 1.165) is 16.1 Å². The van der Waals surface area contributed by atoms with Crippen LogP contribution in [-0.4, -0.2) is 38.6 Å². The van der Waals surface area contributed by atoms with Gasteiger partial charge in [0.15, 0.2) is 0 Å². The number of sulfonamides is 1. The predicted molar refractivity (Wildman–Crippen MR) is 120 cm³/mol. The Balaban J connectivity index is 2.39. The van der Waals surface area contributed by atoms with E-state index in [4.69, 9.17) is 0 Å². The third-order valence-corrected chi connectivity index (χ3v) is 5.62. The van der Waals surface area contributed by atoms with Gasteiger partial charge in [-0.15, -0.1) is 0 Å². The zero-order chi connectivity index (χ0) is 22.5. The Morgan fingerprint density at radius 1 is 1.07 bits per heavy atom. The summed E-state index contributed by atoms with van der Waals surface area (Å²) in [7, 11) is -3.73. The summed E-state index contributed by atoms with van der Waals surface area (Å²) >= 11 is 0. The number of amides is 2. The molecule has 2 N–H and O–H groups in total. The van der Waals surface area contributed by atoms with Gasteiger partial charge in [0.25, 0.3) is 5.91 Å². The van der Waals surface area contributed by atoms with Crippen molar-refractivity contribution in [3.05, 3.63) is 59.7 Å². The van der Waals surface area contributed by atoms with Crippen LogP contribution in [0.15, 0.2) is 48.5 Å². The molecule has 0 aliphatic carbocycles. The molecule has 2 rings (SSSR count). The number of aryl methyl sites for hydroxylation is 1. The maximum atomic E-state index is 13.1. The van der Waals surface area contributed by atoms with E-state index in [9.17, 15) is 18.0 Å². The molecule has 0 bridgehead atoms. The SMILES string of the molecule is CC[C@@H](C(=O)Nc1ccccc1C(=O)NC(C)C)N(c1cccc(C)c1)S(C)(=O)=O. The van der Waals surface area contributed by atoms with E-state index in [0.29, 0.717) is 16.9 Å². The van der Waals surface area contributed by atoms with E-state index in [1.165, 1.54) is 0 Å². The lowest BCUT2D eigenvalue weighted by Gasteiger charge is -2.30. The van der Waals surface area contributed by atoms with Crippen molar-refractivity contribution in [1.82, 2.24) is 5.32 Å².